The maximum atomic E-state index is 11.3. The molecule has 2 N–H and O–H groups in total. The quantitative estimate of drug-likeness (QED) is 0.876. The van der Waals surface area contributed by atoms with Gasteiger partial charge in [0.2, 0.25) is 0 Å². The van der Waals surface area contributed by atoms with Gasteiger partial charge < -0.3 is 14.8 Å². The smallest absolute Gasteiger partial charge is 0.336 e. The summed E-state index contributed by atoms with van der Waals surface area (Å²) in [5.41, 5.74) is 1.75. The van der Waals surface area contributed by atoms with Gasteiger partial charge in [0.1, 0.15) is 0 Å². The number of aromatic nitrogens is 1. The number of benzene rings is 1. The van der Waals surface area contributed by atoms with Crippen LogP contribution in [0.25, 0.3) is 10.9 Å². The molecule has 0 spiro atoms. The molecule has 1 aromatic heterocycles. The normalized spacial score (nSPS) is 13.2. The van der Waals surface area contributed by atoms with Gasteiger partial charge in [0, 0.05) is 28.7 Å². The molecule has 4 heteroatoms. The number of carboxylic acids is 1. The molecule has 0 amide bonds. The van der Waals surface area contributed by atoms with Crippen molar-refractivity contribution in [2.24, 2.45) is 0 Å². The maximum absolute atomic E-state index is 11.3. The van der Waals surface area contributed by atoms with Crippen molar-refractivity contribution >= 4 is 16.9 Å². The Balaban J connectivity index is 2.87. The maximum Gasteiger partial charge on any atom is 0.336 e. The third kappa shape index (κ3) is 1.88. The van der Waals surface area contributed by atoms with E-state index in [1.165, 1.54) is 0 Å². The van der Waals surface area contributed by atoms with E-state index < -0.39 is 12.1 Å². The number of hydrogen-bond donors (Lipinski definition) is 2. The van der Waals surface area contributed by atoms with Crippen molar-refractivity contribution in [1.29, 1.82) is 0 Å². The zero-order chi connectivity index (χ0) is 13.4. The molecule has 0 aliphatic heterocycles. The van der Waals surface area contributed by atoms with Crippen LogP contribution in [0.4, 0.5) is 0 Å². The molecule has 0 saturated carbocycles. The Morgan fingerprint density at radius 1 is 1.28 bits per heavy atom. The molecule has 0 radical (unpaired) electrons. The Kier molecular flexibility index (Phi) is 3.13. The number of aliphatic hydroxyl groups is 1. The first kappa shape index (κ1) is 12.6. The van der Waals surface area contributed by atoms with Gasteiger partial charge in [0.15, 0.2) is 0 Å². The van der Waals surface area contributed by atoms with E-state index in [1.54, 1.807) is 19.1 Å². The van der Waals surface area contributed by atoms with Crippen LogP contribution in [0.15, 0.2) is 24.4 Å². The molecule has 2 rings (SSSR count). The van der Waals surface area contributed by atoms with Crippen molar-refractivity contribution in [2.45, 2.75) is 32.9 Å². The lowest BCUT2D eigenvalue weighted by Crippen LogP contribution is -2.00. The van der Waals surface area contributed by atoms with Gasteiger partial charge >= 0.3 is 5.97 Å². The summed E-state index contributed by atoms with van der Waals surface area (Å²) >= 11 is 0. The third-order valence-electron chi connectivity index (χ3n) is 3.12. The molecule has 0 saturated heterocycles. The summed E-state index contributed by atoms with van der Waals surface area (Å²) in [6.45, 7) is 5.70. The lowest BCUT2D eigenvalue weighted by Gasteiger charge is -2.09. The molecule has 96 valence electrons. The van der Waals surface area contributed by atoms with Crippen LogP contribution in [0.1, 0.15) is 48.8 Å². The fourth-order valence-electron chi connectivity index (χ4n) is 2.26. The predicted molar refractivity (Wildman–Crippen MR) is 69.9 cm³/mol. The highest BCUT2D eigenvalue weighted by molar-refractivity contribution is 6.04. The molecule has 2 aromatic rings. The topological polar surface area (TPSA) is 62.5 Å². The summed E-state index contributed by atoms with van der Waals surface area (Å²) in [7, 11) is 0. The molecule has 1 atom stereocenters. The van der Waals surface area contributed by atoms with Crippen LogP contribution in [0.5, 0.6) is 0 Å². The lowest BCUT2D eigenvalue weighted by atomic mass is 10.0. The predicted octanol–water partition coefficient (Wildman–Crippen LogP) is 2.97. The van der Waals surface area contributed by atoms with Crippen LogP contribution in [0, 0.1) is 0 Å². The van der Waals surface area contributed by atoms with E-state index in [9.17, 15) is 15.0 Å². The molecule has 0 bridgehead atoms. The molecule has 0 aliphatic carbocycles. The van der Waals surface area contributed by atoms with Crippen LogP contribution in [-0.4, -0.2) is 20.7 Å². The van der Waals surface area contributed by atoms with E-state index in [0.717, 1.165) is 5.52 Å². The first-order chi connectivity index (χ1) is 8.43. The number of rotatable bonds is 3. The van der Waals surface area contributed by atoms with Gasteiger partial charge in [-0.2, -0.15) is 0 Å². The number of carbonyl (C=O) groups is 1. The highest BCUT2D eigenvalue weighted by atomic mass is 16.4. The van der Waals surface area contributed by atoms with E-state index >= 15 is 0 Å². The average Bonchev–Trinajstić information content (AvgIpc) is 2.67. The molecule has 0 aliphatic rings. The molecule has 1 unspecified atom stereocenters. The van der Waals surface area contributed by atoms with Gasteiger partial charge in [-0.15, -0.1) is 0 Å². The Hall–Kier alpha value is -1.81. The van der Waals surface area contributed by atoms with E-state index in [4.69, 9.17) is 0 Å². The minimum atomic E-state index is -0.969. The van der Waals surface area contributed by atoms with E-state index in [2.05, 4.69) is 0 Å². The number of aliphatic hydroxyl groups excluding tert-OH is 1. The summed E-state index contributed by atoms with van der Waals surface area (Å²) < 4.78 is 1.99. The highest BCUT2D eigenvalue weighted by Crippen LogP contribution is 2.31. The fourth-order valence-corrected chi connectivity index (χ4v) is 2.26. The van der Waals surface area contributed by atoms with Gasteiger partial charge in [0.25, 0.3) is 0 Å². The van der Waals surface area contributed by atoms with Crippen LogP contribution in [-0.2, 0) is 0 Å². The van der Waals surface area contributed by atoms with Crippen molar-refractivity contribution in [3.63, 3.8) is 0 Å². The van der Waals surface area contributed by atoms with E-state index in [1.807, 2.05) is 30.7 Å². The highest BCUT2D eigenvalue weighted by Gasteiger charge is 2.19. The third-order valence-corrected chi connectivity index (χ3v) is 3.12. The molecule has 0 fully saturated rings. The molecular weight excluding hydrogens is 230 g/mol. The number of carboxylic acid groups (broad SMARTS) is 1. The molecule has 18 heavy (non-hydrogen) atoms. The largest absolute Gasteiger partial charge is 0.478 e. The minimum absolute atomic E-state index is 0.212. The van der Waals surface area contributed by atoms with Gasteiger partial charge in [-0.25, -0.2) is 4.79 Å². The SMILES string of the molecule is CC(O)c1cn(C(C)C)c2cccc(C(=O)O)c12. The number of nitrogens with zero attached hydrogens (tertiary/aromatic N) is 1. The Labute approximate surface area is 105 Å². The summed E-state index contributed by atoms with van der Waals surface area (Å²) in [5, 5.41) is 19.7. The van der Waals surface area contributed by atoms with Gasteiger partial charge in [0.05, 0.1) is 11.7 Å². The second-order valence-corrected chi connectivity index (χ2v) is 4.77. The summed E-state index contributed by atoms with van der Waals surface area (Å²) in [4.78, 5) is 11.3. The molecule has 1 heterocycles. The summed E-state index contributed by atoms with van der Waals surface area (Å²) in [5.74, 6) is -0.969. The number of fused-ring (bicyclic) bond motifs is 1. The van der Waals surface area contributed by atoms with Crippen molar-refractivity contribution in [2.75, 3.05) is 0 Å². The van der Waals surface area contributed by atoms with Crippen LogP contribution in [0.2, 0.25) is 0 Å². The minimum Gasteiger partial charge on any atom is -0.478 e. The van der Waals surface area contributed by atoms with Gasteiger partial charge in [-0.3, -0.25) is 0 Å². The Morgan fingerprint density at radius 2 is 1.94 bits per heavy atom. The van der Waals surface area contributed by atoms with Crippen LogP contribution < -0.4 is 0 Å². The van der Waals surface area contributed by atoms with E-state index in [0.29, 0.717) is 10.9 Å². The van der Waals surface area contributed by atoms with Crippen molar-refractivity contribution in [1.82, 2.24) is 4.57 Å². The Bertz CT molecular complexity index is 596. The van der Waals surface area contributed by atoms with Crippen LogP contribution in [0.3, 0.4) is 0 Å². The first-order valence-electron chi connectivity index (χ1n) is 5.98. The fraction of sp³-hybridized carbons (Fsp3) is 0.357. The van der Waals surface area contributed by atoms with Crippen molar-refractivity contribution < 1.29 is 15.0 Å². The molecule has 4 nitrogen and oxygen atoms in total. The molecular formula is C14H17NO3. The zero-order valence-corrected chi connectivity index (χ0v) is 10.7. The second-order valence-electron chi connectivity index (χ2n) is 4.77. The van der Waals surface area contributed by atoms with Crippen molar-refractivity contribution in [3.05, 3.63) is 35.5 Å². The summed E-state index contributed by atoms with van der Waals surface area (Å²) in [6.07, 6.45) is 1.15. The number of hydrogen-bond acceptors (Lipinski definition) is 2. The molecule has 1 aromatic carbocycles. The monoisotopic (exact) mass is 247 g/mol. The van der Waals surface area contributed by atoms with E-state index in [-0.39, 0.29) is 11.6 Å². The zero-order valence-electron chi connectivity index (χ0n) is 10.7. The second kappa shape index (κ2) is 4.46. The van der Waals surface area contributed by atoms with Crippen LogP contribution >= 0.6 is 0 Å². The number of aromatic carboxylic acids is 1. The van der Waals surface area contributed by atoms with Gasteiger partial charge in [-0.1, -0.05) is 6.07 Å². The average molecular weight is 247 g/mol. The van der Waals surface area contributed by atoms with Gasteiger partial charge in [-0.05, 0) is 32.9 Å². The van der Waals surface area contributed by atoms with Crippen molar-refractivity contribution in [3.8, 4) is 0 Å². The lowest BCUT2D eigenvalue weighted by molar-refractivity contribution is 0.0699. The standard InChI is InChI=1S/C14H17NO3/c1-8(2)15-7-11(9(3)16)13-10(14(17)18)5-4-6-12(13)15/h4-9,16H,1-3H3,(H,17,18). The first-order valence-corrected chi connectivity index (χ1v) is 5.98. The Morgan fingerprint density at radius 3 is 2.44 bits per heavy atom. The summed E-state index contributed by atoms with van der Waals surface area (Å²) in [6, 6.07) is 5.40.